The smallest absolute Gasteiger partial charge is 0.152 e. The molecule has 0 spiro atoms. The average molecular weight is 563 g/mol. The van der Waals surface area contributed by atoms with Crippen LogP contribution in [-0.2, 0) is 0 Å². The fourth-order valence-electron chi connectivity index (χ4n) is 6.62. The maximum Gasteiger partial charge on any atom is 0.152 e. The zero-order valence-corrected chi connectivity index (χ0v) is 23.8. The third kappa shape index (κ3) is 3.87. The molecule has 9 rings (SSSR count). The fourth-order valence-corrected chi connectivity index (χ4v) is 6.62. The molecule has 206 valence electrons. The summed E-state index contributed by atoms with van der Waals surface area (Å²) in [6.07, 6.45) is 1.72. The number of hydrogen-bond acceptors (Lipinski definition) is 2. The molecule has 3 aromatic heterocycles. The molecule has 0 saturated carbocycles. The lowest BCUT2D eigenvalue weighted by Gasteiger charge is -2.11. The highest BCUT2D eigenvalue weighted by atomic mass is 16.3. The Morgan fingerprint density at radius 2 is 1.20 bits per heavy atom. The largest absolute Gasteiger partial charge is 0.463 e. The van der Waals surface area contributed by atoms with Crippen molar-refractivity contribution in [1.82, 2.24) is 9.61 Å². The van der Waals surface area contributed by atoms with Crippen molar-refractivity contribution < 1.29 is 4.42 Å². The van der Waals surface area contributed by atoms with Crippen molar-refractivity contribution in [2.75, 3.05) is 0 Å². The Kier molecular flexibility index (Phi) is 5.50. The van der Waals surface area contributed by atoms with Gasteiger partial charge in [-0.2, -0.15) is 5.10 Å². The van der Waals surface area contributed by atoms with Gasteiger partial charge in [0.1, 0.15) is 11.4 Å². The van der Waals surface area contributed by atoms with Gasteiger partial charge in [-0.15, -0.1) is 0 Å². The van der Waals surface area contributed by atoms with Gasteiger partial charge in [-0.1, -0.05) is 121 Å². The van der Waals surface area contributed by atoms with Crippen LogP contribution >= 0.6 is 0 Å². The van der Waals surface area contributed by atoms with Gasteiger partial charge in [-0.05, 0) is 74.0 Å². The molecule has 0 unspecified atom stereocenters. The third-order valence-corrected chi connectivity index (χ3v) is 8.67. The van der Waals surface area contributed by atoms with Gasteiger partial charge in [-0.3, -0.25) is 0 Å². The van der Waals surface area contributed by atoms with E-state index in [1.54, 1.807) is 6.26 Å². The molecule has 3 heteroatoms. The number of benzene rings is 6. The summed E-state index contributed by atoms with van der Waals surface area (Å²) in [6, 6.07) is 53.8. The van der Waals surface area contributed by atoms with E-state index in [9.17, 15) is 0 Å². The number of furan rings is 1. The lowest BCUT2D eigenvalue weighted by molar-refractivity contribution is 0.578. The number of aromatic nitrogens is 2. The minimum atomic E-state index is 0.782. The van der Waals surface area contributed by atoms with E-state index in [2.05, 4.69) is 144 Å². The van der Waals surface area contributed by atoms with Crippen LogP contribution < -0.4 is 0 Å². The lowest BCUT2D eigenvalue weighted by Crippen LogP contribution is -1.95. The maximum atomic E-state index is 5.95. The molecule has 3 nitrogen and oxygen atoms in total. The van der Waals surface area contributed by atoms with Crippen LogP contribution in [0.15, 0.2) is 162 Å². The first kappa shape index (κ1) is 24.6. The van der Waals surface area contributed by atoms with Crippen molar-refractivity contribution in [2.24, 2.45) is 0 Å². The molecule has 0 radical (unpaired) electrons. The first-order valence-electron chi connectivity index (χ1n) is 14.9. The van der Waals surface area contributed by atoms with Gasteiger partial charge in [0.25, 0.3) is 0 Å². The molecule has 0 amide bonds. The molecule has 0 aliphatic heterocycles. The number of rotatable bonds is 4. The van der Waals surface area contributed by atoms with Crippen molar-refractivity contribution in [2.45, 2.75) is 0 Å². The van der Waals surface area contributed by atoms with Crippen molar-refractivity contribution in [3.05, 3.63) is 158 Å². The zero-order chi connectivity index (χ0) is 29.0. The Labute approximate surface area is 254 Å². The van der Waals surface area contributed by atoms with Crippen molar-refractivity contribution in [3.63, 3.8) is 0 Å². The molecule has 44 heavy (non-hydrogen) atoms. The van der Waals surface area contributed by atoms with E-state index in [4.69, 9.17) is 9.52 Å². The summed E-state index contributed by atoms with van der Waals surface area (Å²) >= 11 is 0. The molecule has 0 bridgehead atoms. The van der Waals surface area contributed by atoms with Gasteiger partial charge in [-0.25, -0.2) is 4.52 Å². The van der Waals surface area contributed by atoms with Gasteiger partial charge in [0.15, 0.2) is 5.76 Å². The SMILES string of the molecule is c1cc(-c2nn3c(-c4ccco4)cc4ccccc4c3c2-c2ccc3ccccc3c2)cc(-c2cccc3ccccc23)c1. The van der Waals surface area contributed by atoms with E-state index in [1.807, 2.05) is 12.1 Å². The Morgan fingerprint density at radius 3 is 2.07 bits per heavy atom. The topological polar surface area (TPSA) is 30.4 Å². The van der Waals surface area contributed by atoms with Crippen LogP contribution in [0.5, 0.6) is 0 Å². The Hall–Kier alpha value is -5.93. The second-order valence-electron chi connectivity index (χ2n) is 11.2. The molecule has 0 fully saturated rings. The summed E-state index contributed by atoms with van der Waals surface area (Å²) < 4.78 is 8.03. The molecule has 0 saturated heterocycles. The normalized spacial score (nSPS) is 11.6. The highest BCUT2D eigenvalue weighted by molar-refractivity contribution is 6.09. The van der Waals surface area contributed by atoms with Crippen LogP contribution in [-0.4, -0.2) is 9.61 Å². The van der Waals surface area contributed by atoms with Crippen LogP contribution in [0.25, 0.3) is 82.8 Å². The second kappa shape index (κ2) is 9.82. The van der Waals surface area contributed by atoms with Crippen LogP contribution in [0.2, 0.25) is 0 Å². The number of nitrogens with zero attached hydrogens (tertiary/aromatic N) is 2. The lowest BCUT2D eigenvalue weighted by atomic mass is 9.93. The molecule has 0 atom stereocenters. The molecule has 0 aliphatic rings. The second-order valence-corrected chi connectivity index (χ2v) is 11.2. The van der Waals surface area contributed by atoms with E-state index in [-0.39, 0.29) is 0 Å². The summed E-state index contributed by atoms with van der Waals surface area (Å²) in [5.74, 6) is 0.782. The Morgan fingerprint density at radius 1 is 0.477 bits per heavy atom. The average Bonchev–Trinajstić information content (AvgIpc) is 3.77. The predicted octanol–water partition coefficient (Wildman–Crippen LogP) is 11.1. The van der Waals surface area contributed by atoms with Gasteiger partial charge in [0.2, 0.25) is 0 Å². The first-order valence-corrected chi connectivity index (χ1v) is 14.9. The summed E-state index contributed by atoms with van der Waals surface area (Å²) in [4.78, 5) is 0. The van der Waals surface area contributed by atoms with E-state index in [0.717, 1.165) is 55.7 Å². The zero-order valence-electron chi connectivity index (χ0n) is 23.8. The minimum Gasteiger partial charge on any atom is -0.463 e. The molecule has 6 aromatic carbocycles. The van der Waals surface area contributed by atoms with Crippen LogP contribution in [0.1, 0.15) is 0 Å². The summed E-state index contributed by atoms with van der Waals surface area (Å²) in [5, 5.41) is 12.6. The molecule has 3 heterocycles. The number of fused-ring (bicyclic) bond motifs is 5. The minimum absolute atomic E-state index is 0.782. The Bertz CT molecular complexity index is 2500. The van der Waals surface area contributed by atoms with Crippen molar-refractivity contribution in [1.29, 1.82) is 0 Å². The van der Waals surface area contributed by atoms with Gasteiger partial charge < -0.3 is 4.42 Å². The number of pyridine rings is 1. The molecule has 0 aliphatic carbocycles. The van der Waals surface area contributed by atoms with E-state index < -0.39 is 0 Å². The van der Waals surface area contributed by atoms with E-state index in [0.29, 0.717) is 0 Å². The summed E-state index contributed by atoms with van der Waals surface area (Å²) in [5.41, 5.74) is 8.60. The Balaban J connectivity index is 1.38. The van der Waals surface area contributed by atoms with Crippen molar-refractivity contribution in [3.8, 4) is 45.0 Å². The van der Waals surface area contributed by atoms with E-state index >= 15 is 0 Å². The molecular formula is C41H26N2O. The van der Waals surface area contributed by atoms with Gasteiger partial charge in [0.05, 0.1) is 11.8 Å². The highest BCUT2D eigenvalue weighted by Gasteiger charge is 2.22. The molecular weight excluding hydrogens is 536 g/mol. The highest BCUT2D eigenvalue weighted by Crippen LogP contribution is 2.42. The first-order chi connectivity index (χ1) is 21.8. The standard InChI is InChI=1S/C41H26N2O/c1-2-12-29-24-32(22-21-27(29)10-1)39-40(33-16-7-15-30(25-33)35-19-8-14-28-11-3-5-17-34(28)35)42-43-37(38-20-9-23-44-38)26-31-13-4-6-18-36(31)41(39)43/h1-26H. The molecule has 9 aromatic rings. The van der Waals surface area contributed by atoms with Gasteiger partial charge >= 0.3 is 0 Å². The monoisotopic (exact) mass is 562 g/mol. The van der Waals surface area contributed by atoms with E-state index in [1.165, 1.54) is 27.1 Å². The fraction of sp³-hybridized carbons (Fsp3) is 0. The van der Waals surface area contributed by atoms with Crippen molar-refractivity contribution >= 4 is 37.8 Å². The maximum absolute atomic E-state index is 5.95. The summed E-state index contributed by atoms with van der Waals surface area (Å²) in [7, 11) is 0. The quantitative estimate of drug-likeness (QED) is 0.214. The van der Waals surface area contributed by atoms with Crippen LogP contribution in [0, 0.1) is 0 Å². The van der Waals surface area contributed by atoms with Crippen LogP contribution in [0.4, 0.5) is 0 Å². The summed E-state index contributed by atoms with van der Waals surface area (Å²) in [6.45, 7) is 0. The molecule has 0 N–H and O–H groups in total. The number of hydrogen-bond donors (Lipinski definition) is 0. The van der Waals surface area contributed by atoms with Crippen LogP contribution in [0.3, 0.4) is 0 Å². The van der Waals surface area contributed by atoms with Gasteiger partial charge in [0, 0.05) is 16.5 Å². The third-order valence-electron chi connectivity index (χ3n) is 8.67. The predicted molar refractivity (Wildman–Crippen MR) is 182 cm³/mol.